The highest BCUT2D eigenvalue weighted by atomic mass is 35.5. The Kier molecular flexibility index (Phi) is 6.19. The first-order valence-electron chi connectivity index (χ1n) is 7.23. The maximum atomic E-state index is 12.3. The van der Waals surface area contributed by atoms with Gasteiger partial charge in [-0.25, -0.2) is 4.79 Å². The number of carbonyl (C=O) groups is 2. The van der Waals surface area contributed by atoms with Gasteiger partial charge in [-0.05, 0) is 35.1 Å². The second kappa shape index (κ2) is 8.13. The third-order valence-corrected chi connectivity index (χ3v) is 4.37. The van der Waals surface area contributed by atoms with Crippen molar-refractivity contribution < 1.29 is 14.3 Å². The van der Waals surface area contributed by atoms with Crippen LogP contribution in [0.3, 0.4) is 0 Å². The summed E-state index contributed by atoms with van der Waals surface area (Å²) in [6.45, 7) is 3.87. The number of hydrogen-bond donors (Lipinski definition) is 1. The molecule has 0 aliphatic carbocycles. The van der Waals surface area contributed by atoms with Crippen molar-refractivity contribution in [1.29, 1.82) is 0 Å². The molecule has 0 unspecified atom stereocenters. The van der Waals surface area contributed by atoms with Crippen LogP contribution >= 0.6 is 22.9 Å². The van der Waals surface area contributed by atoms with E-state index in [1.165, 1.54) is 11.3 Å². The number of carbonyl (C=O) groups excluding carboxylic acids is 2. The van der Waals surface area contributed by atoms with Crippen molar-refractivity contribution in [1.82, 2.24) is 5.32 Å². The lowest BCUT2D eigenvalue weighted by molar-refractivity contribution is -0.148. The van der Waals surface area contributed by atoms with Gasteiger partial charge in [-0.1, -0.05) is 43.6 Å². The molecular formula is C17H18ClNO3S. The van der Waals surface area contributed by atoms with Crippen LogP contribution in [0.15, 0.2) is 41.8 Å². The second-order valence-corrected chi connectivity index (χ2v) is 6.79. The first-order chi connectivity index (χ1) is 11.0. The Balaban J connectivity index is 1.95. The lowest BCUT2D eigenvalue weighted by atomic mass is 10.0. The highest BCUT2D eigenvalue weighted by molar-refractivity contribution is 7.12. The van der Waals surface area contributed by atoms with Crippen LogP contribution in [0.1, 0.15) is 29.1 Å². The SMILES string of the molecule is CC(C)[C@H](NC(=O)c1cccs1)C(=O)OCc1ccc(Cl)cc1. The number of hydrogen-bond acceptors (Lipinski definition) is 4. The van der Waals surface area contributed by atoms with Crippen molar-refractivity contribution in [3.05, 3.63) is 57.2 Å². The minimum atomic E-state index is -0.683. The van der Waals surface area contributed by atoms with Gasteiger partial charge >= 0.3 is 5.97 Å². The Bertz CT molecular complexity index is 653. The zero-order chi connectivity index (χ0) is 16.8. The number of ether oxygens (including phenoxy) is 1. The maximum Gasteiger partial charge on any atom is 0.329 e. The summed E-state index contributed by atoms with van der Waals surface area (Å²) in [7, 11) is 0. The number of benzene rings is 1. The van der Waals surface area contributed by atoms with E-state index < -0.39 is 12.0 Å². The molecule has 1 atom stereocenters. The van der Waals surface area contributed by atoms with E-state index in [1.807, 2.05) is 19.2 Å². The molecule has 0 bridgehead atoms. The van der Waals surface area contributed by atoms with Crippen molar-refractivity contribution in [3.8, 4) is 0 Å². The van der Waals surface area contributed by atoms with E-state index in [0.717, 1.165) is 5.56 Å². The van der Waals surface area contributed by atoms with Crippen LogP contribution in [0.4, 0.5) is 0 Å². The summed E-state index contributed by atoms with van der Waals surface area (Å²) in [4.78, 5) is 25.0. The molecule has 0 saturated heterocycles. The Morgan fingerprint density at radius 1 is 1.22 bits per heavy atom. The molecule has 6 heteroatoms. The molecule has 23 heavy (non-hydrogen) atoms. The fraction of sp³-hybridized carbons (Fsp3) is 0.294. The van der Waals surface area contributed by atoms with Crippen molar-refractivity contribution in [2.75, 3.05) is 0 Å². The van der Waals surface area contributed by atoms with E-state index in [4.69, 9.17) is 16.3 Å². The van der Waals surface area contributed by atoms with Crippen LogP contribution in [-0.2, 0) is 16.1 Å². The standard InChI is InChI=1S/C17H18ClNO3S/c1-11(2)15(19-16(20)14-4-3-9-23-14)17(21)22-10-12-5-7-13(18)8-6-12/h3-9,11,15H,10H2,1-2H3,(H,19,20)/t15-/m0/s1. The van der Waals surface area contributed by atoms with E-state index in [2.05, 4.69) is 5.32 Å². The van der Waals surface area contributed by atoms with Gasteiger partial charge in [0.2, 0.25) is 0 Å². The summed E-state index contributed by atoms with van der Waals surface area (Å²) in [5.74, 6) is -0.779. The molecule has 1 aromatic heterocycles. The summed E-state index contributed by atoms with van der Waals surface area (Å²) < 4.78 is 5.32. The van der Waals surface area contributed by atoms with Crippen LogP contribution < -0.4 is 5.32 Å². The van der Waals surface area contributed by atoms with Crippen LogP contribution in [0, 0.1) is 5.92 Å². The largest absolute Gasteiger partial charge is 0.459 e. The number of rotatable bonds is 6. The molecule has 2 rings (SSSR count). The first-order valence-corrected chi connectivity index (χ1v) is 8.48. The van der Waals surface area contributed by atoms with Crippen LogP contribution in [-0.4, -0.2) is 17.9 Å². The number of halogens is 1. The predicted octanol–water partition coefficient (Wildman–Crippen LogP) is 3.90. The average Bonchev–Trinajstić information content (AvgIpc) is 3.05. The molecule has 0 saturated carbocycles. The number of thiophene rings is 1. The Labute approximate surface area is 144 Å². The summed E-state index contributed by atoms with van der Waals surface area (Å²) >= 11 is 7.15. The van der Waals surface area contributed by atoms with E-state index in [1.54, 1.807) is 36.4 Å². The maximum absolute atomic E-state index is 12.3. The molecular weight excluding hydrogens is 334 g/mol. The van der Waals surface area contributed by atoms with E-state index >= 15 is 0 Å². The highest BCUT2D eigenvalue weighted by Gasteiger charge is 2.26. The Hall–Kier alpha value is -1.85. The van der Waals surface area contributed by atoms with E-state index in [9.17, 15) is 9.59 Å². The molecule has 0 aliphatic rings. The minimum absolute atomic E-state index is 0.0726. The van der Waals surface area contributed by atoms with E-state index in [-0.39, 0.29) is 18.4 Å². The quantitative estimate of drug-likeness (QED) is 0.803. The molecule has 0 aliphatic heterocycles. The predicted molar refractivity (Wildman–Crippen MR) is 91.7 cm³/mol. The van der Waals surface area contributed by atoms with Gasteiger partial charge in [-0.15, -0.1) is 11.3 Å². The van der Waals surface area contributed by atoms with Gasteiger partial charge in [-0.3, -0.25) is 4.79 Å². The van der Waals surface area contributed by atoms with Crippen molar-refractivity contribution >= 4 is 34.8 Å². The first kappa shape index (κ1) is 17.5. The zero-order valence-corrected chi connectivity index (χ0v) is 14.5. The molecule has 0 fully saturated rings. The lowest BCUT2D eigenvalue weighted by Gasteiger charge is -2.20. The molecule has 1 heterocycles. The Morgan fingerprint density at radius 2 is 1.91 bits per heavy atom. The van der Waals surface area contributed by atoms with E-state index in [0.29, 0.717) is 9.90 Å². The van der Waals surface area contributed by atoms with Crippen molar-refractivity contribution in [2.24, 2.45) is 5.92 Å². The Morgan fingerprint density at radius 3 is 2.48 bits per heavy atom. The van der Waals surface area contributed by atoms with Gasteiger partial charge in [-0.2, -0.15) is 0 Å². The monoisotopic (exact) mass is 351 g/mol. The lowest BCUT2D eigenvalue weighted by Crippen LogP contribution is -2.45. The number of nitrogens with one attached hydrogen (secondary N) is 1. The van der Waals surface area contributed by atoms with Gasteiger partial charge in [0.05, 0.1) is 4.88 Å². The molecule has 4 nitrogen and oxygen atoms in total. The van der Waals surface area contributed by atoms with Crippen molar-refractivity contribution in [2.45, 2.75) is 26.5 Å². The van der Waals surface area contributed by atoms with Crippen LogP contribution in [0.25, 0.3) is 0 Å². The zero-order valence-electron chi connectivity index (χ0n) is 12.9. The molecule has 0 spiro atoms. The number of amides is 1. The third-order valence-electron chi connectivity index (χ3n) is 3.25. The summed E-state index contributed by atoms with van der Waals surface area (Å²) in [6.07, 6.45) is 0. The average molecular weight is 352 g/mol. The van der Waals surface area contributed by atoms with Gasteiger partial charge in [0, 0.05) is 5.02 Å². The minimum Gasteiger partial charge on any atom is -0.459 e. The summed E-state index contributed by atoms with van der Waals surface area (Å²) in [5, 5.41) is 5.19. The van der Waals surface area contributed by atoms with Gasteiger partial charge < -0.3 is 10.1 Å². The molecule has 2 aromatic rings. The topological polar surface area (TPSA) is 55.4 Å². The van der Waals surface area contributed by atoms with Gasteiger partial charge in [0.25, 0.3) is 5.91 Å². The highest BCUT2D eigenvalue weighted by Crippen LogP contribution is 2.13. The van der Waals surface area contributed by atoms with Gasteiger partial charge in [0.1, 0.15) is 12.6 Å². The fourth-order valence-corrected chi connectivity index (χ4v) is 2.70. The van der Waals surface area contributed by atoms with Crippen LogP contribution in [0.2, 0.25) is 5.02 Å². The van der Waals surface area contributed by atoms with Gasteiger partial charge in [0.15, 0.2) is 0 Å². The van der Waals surface area contributed by atoms with Crippen LogP contribution in [0.5, 0.6) is 0 Å². The fourth-order valence-electron chi connectivity index (χ4n) is 1.94. The molecule has 1 aromatic carbocycles. The molecule has 1 amide bonds. The molecule has 0 radical (unpaired) electrons. The summed E-state index contributed by atoms with van der Waals surface area (Å²) in [5.41, 5.74) is 0.842. The molecule has 122 valence electrons. The normalized spacial score (nSPS) is 12.0. The second-order valence-electron chi connectivity index (χ2n) is 5.41. The smallest absolute Gasteiger partial charge is 0.329 e. The summed E-state index contributed by atoms with van der Waals surface area (Å²) in [6, 6.07) is 9.90. The number of esters is 1. The third kappa shape index (κ3) is 5.08. The molecule has 1 N–H and O–H groups in total. The van der Waals surface area contributed by atoms with Crippen molar-refractivity contribution in [3.63, 3.8) is 0 Å².